The first-order valence-corrected chi connectivity index (χ1v) is 9.44. The predicted molar refractivity (Wildman–Crippen MR) is 103 cm³/mol. The van der Waals surface area contributed by atoms with Gasteiger partial charge in [-0.3, -0.25) is 19.8 Å². The summed E-state index contributed by atoms with van der Waals surface area (Å²) < 4.78 is 10.6. The van der Waals surface area contributed by atoms with E-state index in [2.05, 4.69) is 5.32 Å². The van der Waals surface area contributed by atoms with Gasteiger partial charge in [0.15, 0.2) is 0 Å². The highest BCUT2D eigenvalue weighted by Gasteiger charge is 2.38. The average molecular weight is 386 g/mol. The van der Waals surface area contributed by atoms with E-state index in [-0.39, 0.29) is 43.9 Å². The van der Waals surface area contributed by atoms with Crippen molar-refractivity contribution in [1.82, 2.24) is 10.2 Å². The molecule has 0 aromatic rings. The second-order valence-corrected chi connectivity index (χ2v) is 8.21. The van der Waals surface area contributed by atoms with Crippen molar-refractivity contribution in [2.45, 2.75) is 58.5 Å². The second kappa shape index (κ2) is 10.3. The van der Waals surface area contributed by atoms with E-state index in [1.165, 1.54) is 0 Å². The van der Waals surface area contributed by atoms with Crippen molar-refractivity contribution in [3.05, 3.63) is 0 Å². The summed E-state index contributed by atoms with van der Waals surface area (Å²) in [7, 11) is 1.89. The zero-order chi connectivity index (χ0) is 20.7. The van der Waals surface area contributed by atoms with Gasteiger partial charge in [-0.25, -0.2) is 0 Å². The number of nitrogens with one attached hydrogen (secondary N) is 2. The Morgan fingerprint density at radius 2 is 1.85 bits per heavy atom. The fourth-order valence-corrected chi connectivity index (χ4v) is 2.89. The molecule has 1 rings (SSSR count). The molecule has 1 aliphatic rings. The summed E-state index contributed by atoms with van der Waals surface area (Å²) >= 11 is 0. The maximum atomic E-state index is 12.7. The van der Waals surface area contributed by atoms with Gasteiger partial charge in [0.2, 0.25) is 11.8 Å². The number of nitrogens with zero attached hydrogens (tertiary/aromatic N) is 1. The minimum atomic E-state index is -0.848. The van der Waals surface area contributed by atoms with Crippen LogP contribution in [0.15, 0.2) is 0 Å². The van der Waals surface area contributed by atoms with Crippen molar-refractivity contribution in [2.75, 3.05) is 40.1 Å². The predicted octanol–water partition coefficient (Wildman–Crippen LogP) is 0.964. The fraction of sp³-hybridized carbons (Fsp3) is 0.842. The van der Waals surface area contributed by atoms with Crippen molar-refractivity contribution in [3.8, 4) is 0 Å². The van der Waals surface area contributed by atoms with E-state index >= 15 is 0 Å². The lowest BCUT2D eigenvalue weighted by atomic mass is 9.86. The summed E-state index contributed by atoms with van der Waals surface area (Å²) in [5, 5.41) is 19.4. The highest BCUT2D eigenvalue weighted by molar-refractivity contribution is 6.08. The van der Waals surface area contributed by atoms with E-state index in [1.54, 1.807) is 27.7 Å². The second-order valence-electron chi connectivity index (χ2n) is 8.21. The number of likely N-dealkylation sites (N-methyl/N-ethyl adjacent to an activating group) is 1. The Morgan fingerprint density at radius 1 is 1.26 bits per heavy atom. The Kier molecular flexibility index (Phi) is 9.01. The summed E-state index contributed by atoms with van der Waals surface area (Å²) in [5.41, 5.74) is -1.31. The van der Waals surface area contributed by atoms with Crippen LogP contribution in [-0.4, -0.2) is 79.2 Å². The number of imide groups is 1. The molecule has 1 fully saturated rings. The molecule has 0 saturated carbocycles. The molecule has 3 N–H and O–H groups in total. The van der Waals surface area contributed by atoms with E-state index < -0.39 is 16.9 Å². The van der Waals surface area contributed by atoms with Crippen LogP contribution >= 0.6 is 0 Å². The molecule has 27 heavy (non-hydrogen) atoms. The highest BCUT2D eigenvalue weighted by Crippen LogP contribution is 2.23. The minimum absolute atomic E-state index is 0.0892. The fourth-order valence-electron chi connectivity index (χ4n) is 2.89. The van der Waals surface area contributed by atoms with Crippen LogP contribution in [0.5, 0.6) is 0 Å². The highest BCUT2D eigenvalue weighted by atomic mass is 16.5. The van der Waals surface area contributed by atoms with Gasteiger partial charge < -0.3 is 20.0 Å². The molecule has 0 spiro atoms. The van der Waals surface area contributed by atoms with Gasteiger partial charge in [-0.05, 0) is 33.7 Å². The third kappa shape index (κ3) is 6.95. The molecule has 8 nitrogen and oxygen atoms in total. The van der Waals surface area contributed by atoms with Crippen molar-refractivity contribution in [2.24, 2.45) is 5.41 Å². The molecule has 0 radical (unpaired) electrons. The van der Waals surface area contributed by atoms with Gasteiger partial charge in [0.1, 0.15) is 0 Å². The number of amides is 2. The summed E-state index contributed by atoms with van der Waals surface area (Å²) in [5.74, 6) is -0.864. The van der Waals surface area contributed by atoms with Gasteiger partial charge in [0, 0.05) is 30.4 Å². The summed E-state index contributed by atoms with van der Waals surface area (Å²) in [4.78, 5) is 27.0. The van der Waals surface area contributed by atoms with Crippen LogP contribution in [0, 0.1) is 10.8 Å². The van der Waals surface area contributed by atoms with Crippen LogP contribution in [0.2, 0.25) is 0 Å². The molecule has 8 heteroatoms. The van der Waals surface area contributed by atoms with Crippen LogP contribution in [-0.2, 0) is 19.1 Å². The topological polar surface area (TPSA) is 112 Å². The van der Waals surface area contributed by atoms with Crippen LogP contribution in [0.25, 0.3) is 0 Å². The first-order chi connectivity index (χ1) is 12.5. The molecule has 0 unspecified atom stereocenters. The first kappa shape index (κ1) is 23.7. The molecular formula is C19H35N3O5. The lowest BCUT2D eigenvalue weighted by Gasteiger charge is -2.41. The Bertz CT molecular complexity index is 527. The van der Waals surface area contributed by atoms with Gasteiger partial charge in [-0.2, -0.15) is 0 Å². The van der Waals surface area contributed by atoms with Crippen molar-refractivity contribution in [3.63, 3.8) is 0 Å². The van der Waals surface area contributed by atoms with Crippen LogP contribution in [0.3, 0.4) is 0 Å². The van der Waals surface area contributed by atoms with Gasteiger partial charge in [0.25, 0.3) is 0 Å². The van der Waals surface area contributed by atoms with Crippen molar-refractivity contribution < 1.29 is 24.2 Å². The SMILES string of the molecule is CN(C1CCOCC1)C(C)(C)C(=O)NC(=O)CC(=N)C(C)(C)COCCO. The number of carbonyl (C=O) groups is 2. The Balaban J connectivity index is 2.58. The zero-order valence-corrected chi connectivity index (χ0v) is 17.3. The van der Waals surface area contributed by atoms with Gasteiger partial charge >= 0.3 is 0 Å². The third-order valence-corrected chi connectivity index (χ3v) is 5.28. The molecule has 0 bridgehead atoms. The summed E-state index contributed by atoms with van der Waals surface area (Å²) in [6, 6.07) is 0.232. The van der Waals surface area contributed by atoms with Crippen molar-refractivity contribution >= 4 is 17.5 Å². The summed E-state index contributed by atoms with van der Waals surface area (Å²) in [6.45, 7) is 8.86. The van der Waals surface area contributed by atoms with Crippen LogP contribution in [0.1, 0.15) is 47.0 Å². The summed E-state index contributed by atoms with van der Waals surface area (Å²) in [6.07, 6.45) is 1.54. The molecule has 156 valence electrons. The standard InChI is InChI=1S/C19H35N3O5/c1-18(2,13-27-11-8-23)15(20)12-16(24)21-17(25)19(3,4)22(5)14-6-9-26-10-7-14/h14,20,23H,6-13H2,1-5H3,(H,21,24,25). The lowest BCUT2D eigenvalue weighted by molar-refractivity contribution is -0.138. The van der Waals surface area contributed by atoms with Crippen molar-refractivity contribution in [1.29, 1.82) is 5.41 Å². The molecule has 1 aliphatic heterocycles. The third-order valence-electron chi connectivity index (χ3n) is 5.28. The first-order valence-electron chi connectivity index (χ1n) is 9.44. The molecular weight excluding hydrogens is 350 g/mol. The Hall–Kier alpha value is -1.35. The van der Waals surface area contributed by atoms with Crippen LogP contribution < -0.4 is 5.32 Å². The maximum Gasteiger partial charge on any atom is 0.246 e. The largest absolute Gasteiger partial charge is 0.394 e. The number of aliphatic hydroxyl groups is 1. The molecule has 0 aromatic heterocycles. The maximum absolute atomic E-state index is 12.7. The minimum Gasteiger partial charge on any atom is -0.394 e. The van der Waals surface area contributed by atoms with Crippen LogP contribution in [0.4, 0.5) is 0 Å². The number of carbonyl (C=O) groups excluding carboxylic acids is 2. The Labute approximate surface area is 162 Å². The quantitative estimate of drug-likeness (QED) is 0.381. The normalized spacial score (nSPS) is 16.4. The van der Waals surface area contributed by atoms with E-state index in [9.17, 15) is 9.59 Å². The van der Waals surface area contributed by atoms with E-state index in [1.807, 2.05) is 11.9 Å². The molecule has 0 aromatic carbocycles. The molecule has 1 saturated heterocycles. The lowest BCUT2D eigenvalue weighted by Crippen LogP contribution is -2.58. The average Bonchev–Trinajstić information content (AvgIpc) is 2.61. The number of rotatable bonds is 10. The zero-order valence-electron chi connectivity index (χ0n) is 17.3. The Morgan fingerprint density at radius 3 is 2.41 bits per heavy atom. The van der Waals surface area contributed by atoms with E-state index in [0.29, 0.717) is 13.2 Å². The molecule has 0 atom stereocenters. The van der Waals surface area contributed by atoms with Gasteiger partial charge in [-0.1, -0.05) is 13.8 Å². The number of hydrogen-bond donors (Lipinski definition) is 3. The number of ether oxygens (including phenoxy) is 2. The van der Waals surface area contributed by atoms with Gasteiger partial charge in [-0.15, -0.1) is 0 Å². The molecule has 1 heterocycles. The van der Waals surface area contributed by atoms with E-state index in [4.69, 9.17) is 20.0 Å². The number of hydrogen-bond acceptors (Lipinski definition) is 7. The molecule has 2 amide bonds. The number of aliphatic hydroxyl groups excluding tert-OH is 1. The van der Waals surface area contributed by atoms with Gasteiger partial charge in [0.05, 0.1) is 31.8 Å². The van der Waals surface area contributed by atoms with E-state index in [0.717, 1.165) is 12.8 Å². The monoisotopic (exact) mass is 385 g/mol. The smallest absolute Gasteiger partial charge is 0.246 e. The molecule has 0 aliphatic carbocycles.